The lowest BCUT2D eigenvalue weighted by atomic mass is 10.1. The molecule has 0 spiro atoms. The van der Waals surface area contributed by atoms with E-state index < -0.39 is 0 Å². The van der Waals surface area contributed by atoms with Crippen LogP contribution in [-0.2, 0) is 6.54 Å². The molecule has 0 N–H and O–H groups in total. The van der Waals surface area contributed by atoms with Gasteiger partial charge in [-0.1, -0.05) is 64.5 Å². The van der Waals surface area contributed by atoms with Crippen molar-refractivity contribution in [3.8, 4) is 11.3 Å². The predicted molar refractivity (Wildman–Crippen MR) is 108 cm³/mol. The molecule has 0 radical (unpaired) electrons. The van der Waals surface area contributed by atoms with Crippen molar-refractivity contribution in [1.82, 2.24) is 19.5 Å². The molecule has 0 unspecified atom stereocenters. The van der Waals surface area contributed by atoms with Gasteiger partial charge in [0.2, 0.25) is 0 Å². The van der Waals surface area contributed by atoms with Crippen LogP contribution in [0.4, 0.5) is 0 Å². The number of hydrogen-bond acceptors (Lipinski definition) is 3. The Kier molecular flexibility index (Phi) is 4.73. The largest absolute Gasteiger partial charge is 0.337 e. The highest BCUT2D eigenvalue weighted by Crippen LogP contribution is 2.22. The average molecular weight is 421 g/mol. The number of nitrogens with zero attached hydrogens (tertiary/aromatic N) is 4. The molecule has 0 saturated carbocycles. The van der Waals surface area contributed by atoms with Gasteiger partial charge in [0.1, 0.15) is 5.56 Å². The standard InChI is InChI=1S/C21H17BrN4O/c1-25(14-16-9-5-6-10-18(16)22)21(27)17-13-24-26-19(11-12-23-20(17)26)15-7-3-2-4-8-15/h2-13H,14H2,1H3. The summed E-state index contributed by atoms with van der Waals surface area (Å²) < 4.78 is 2.70. The van der Waals surface area contributed by atoms with Crippen LogP contribution < -0.4 is 0 Å². The van der Waals surface area contributed by atoms with Gasteiger partial charge in [0, 0.05) is 29.8 Å². The maximum absolute atomic E-state index is 13.0. The van der Waals surface area contributed by atoms with Crippen LogP contribution >= 0.6 is 15.9 Å². The van der Waals surface area contributed by atoms with E-state index >= 15 is 0 Å². The van der Waals surface area contributed by atoms with Gasteiger partial charge in [-0.2, -0.15) is 5.10 Å². The quantitative estimate of drug-likeness (QED) is 0.490. The van der Waals surface area contributed by atoms with E-state index in [-0.39, 0.29) is 5.91 Å². The average Bonchev–Trinajstić information content (AvgIpc) is 3.14. The van der Waals surface area contributed by atoms with Crippen molar-refractivity contribution in [1.29, 1.82) is 0 Å². The number of fused-ring (bicyclic) bond motifs is 1. The zero-order chi connectivity index (χ0) is 18.8. The molecule has 2 aromatic heterocycles. The summed E-state index contributed by atoms with van der Waals surface area (Å²) in [6, 6.07) is 19.7. The fourth-order valence-electron chi connectivity index (χ4n) is 3.03. The first-order valence-electron chi connectivity index (χ1n) is 8.52. The van der Waals surface area contributed by atoms with E-state index in [0.717, 1.165) is 21.3 Å². The number of hydrogen-bond donors (Lipinski definition) is 0. The summed E-state index contributed by atoms with van der Waals surface area (Å²) in [7, 11) is 1.78. The second-order valence-corrected chi connectivity index (χ2v) is 7.10. The zero-order valence-electron chi connectivity index (χ0n) is 14.7. The van der Waals surface area contributed by atoms with E-state index in [1.807, 2.05) is 60.7 Å². The zero-order valence-corrected chi connectivity index (χ0v) is 16.3. The Hall–Kier alpha value is -2.99. The van der Waals surface area contributed by atoms with Crippen LogP contribution in [0.5, 0.6) is 0 Å². The van der Waals surface area contributed by atoms with Gasteiger partial charge in [0.05, 0.1) is 11.9 Å². The summed E-state index contributed by atoms with van der Waals surface area (Å²) in [5.41, 5.74) is 4.01. The minimum atomic E-state index is -0.113. The van der Waals surface area contributed by atoms with Gasteiger partial charge in [-0.25, -0.2) is 9.50 Å². The van der Waals surface area contributed by atoms with Gasteiger partial charge in [0.15, 0.2) is 5.65 Å². The molecule has 0 aliphatic heterocycles. The summed E-state index contributed by atoms with van der Waals surface area (Å²) >= 11 is 3.53. The number of benzene rings is 2. The lowest BCUT2D eigenvalue weighted by Gasteiger charge is -2.17. The van der Waals surface area contributed by atoms with E-state index in [1.165, 1.54) is 0 Å². The molecule has 6 heteroatoms. The first-order valence-corrected chi connectivity index (χ1v) is 9.31. The summed E-state index contributed by atoms with van der Waals surface area (Å²) in [6.45, 7) is 0.496. The molecular formula is C21H17BrN4O. The minimum absolute atomic E-state index is 0.113. The second-order valence-electron chi connectivity index (χ2n) is 6.24. The maximum Gasteiger partial charge on any atom is 0.259 e. The van der Waals surface area contributed by atoms with E-state index in [0.29, 0.717) is 17.8 Å². The molecule has 0 saturated heterocycles. The summed E-state index contributed by atoms with van der Waals surface area (Å²) in [6.07, 6.45) is 3.30. The Labute approximate surface area is 165 Å². The number of halogens is 1. The van der Waals surface area contributed by atoms with Crippen molar-refractivity contribution >= 4 is 27.5 Å². The van der Waals surface area contributed by atoms with Crippen LogP contribution in [0.1, 0.15) is 15.9 Å². The molecule has 134 valence electrons. The van der Waals surface area contributed by atoms with Crippen molar-refractivity contribution in [2.75, 3.05) is 7.05 Å². The number of amides is 1. The predicted octanol–water partition coefficient (Wildman–Crippen LogP) is 4.43. The van der Waals surface area contributed by atoms with Crippen LogP contribution in [0.15, 0.2) is 77.5 Å². The molecule has 1 amide bonds. The monoisotopic (exact) mass is 420 g/mol. The second kappa shape index (κ2) is 7.32. The third-order valence-corrected chi connectivity index (χ3v) is 5.19. The van der Waals surface area contributed by atoms with Gasteiger partial charge < -0.3 is 4.90 Å². The molecule has 2 aromatic carbocycles. The van der Waals surface area contributed by atoms with Gasteiger partial charge >= 0.3 is 0 Å². The molecule has 4 rings (SSSR count). The Morgan fingerprint density at radius 2 is 1.81 bits per heavy atom. The highest BCUT2D eigenvalue weighted by atomic mass is 79.9. The molecular weight excluding hydrogens is 404 g/mol. The van der Waals surface area contributed by atoms with E-state index in [2.05, 4.69) is 26.0 Å². The number of carbonyl (C=O) groups excluding carboxylic acids is 1. The van der Waals surface area contributed by atoms with Crippen molar-refractivity contribution in [2.24, 2.45) is 0 Å². The lowest BCUT2D eigenvalue weighted by Crippen LogP contribution is -2.26. The number of carbonyl (C=O) groups is 1. The van der Waals surface area contributed by atoms with Crippen molar-refractivity contribution in [2.45, 2.75) is 6.54 Å². The fourth-order valence-corrected chi connectivity index (χ4v) is 3.44. The van der Waals surface area contributed by atoms with Crippen LogP contribution in [0.2, 0.25) is 0 Å². The van der Waals surface area contributed by atoms with Gasteiger partial charge in [-0.05, 0) is 17.7 Å². The highest BCUT2D eigenvalue weighted by molar-refractivity contribution is 9.10. The van der Waals surface area contributed by atoms with Crippen LogP contribution in [0, 0.1) is 0 Å². The minimum Gasteiger partial charge on any atom is -0.337 e. The van der Waals surface area contributed by atoms with Crippen molar-refractivity contribution in [3.63, 3.8) is 0 Å². The highest BCUT2D eigenvalue weighted by Gasteiger charge is 2.20. The fraction of sp³-hybridized carbons (Fsp3) is 0.0952. The molecule has 2 heterocycles. The van der Waals surface area contributed by atoms with Crippen molar-refractivity contribution < 1.29 is 4.79 Å². The number of aromatic nitrogens is 3. The third kappa shape index (κ3) is 3.36. The number of rotatable bonds is 4. The normalized spacial score (nSPS) is 10.9. The molecule has 0 fully saturated rings. The smallest absolute Gasteiger partial charge is 0.259 e. The molecule has 0 aliphatic rings. The molecule has 27 heavy (non-hydrogen) atoms. The Bertz CT molecular complexity index is 1110. The summed E-state index contributed by atoms with van der Waals surface area (Å²) in [5, 5.41) is 4.42. The summed E-state index contributed by atoms with van der Waals surface area (Å²) in [5.74, 6) is -0.113. The Morgan fingerprint density at radius 3 is 2.59 bits per heavy atom. The molecule has 4 aromatic rings. The third-order valence-electron chi connectivity index (χ3n) is 4.41. The molecule has 5 nitrogen and oxygen atoms in total. The lowest BCUT2D eigenvalue weighted by molar-refractivity contribution is 0.0786. The van der Waals surface area contributed by atoms with Crippen LogP contribution in [0.3, 0.4) is 0 Å². The van der Waals surface area contributed by atoms with Crippen molar-refractivity contribution in [3.05, 3.63) is 88.7 Å². The first kappa shape index (κ1) is 17.4. The molecule has 0 aliphatic carbocycles. The first-order chi connectivity index (χ1) is 13.1. The maximum atomic E-state index is 13.0. The Morgan fingerprint density at radius 1 is 1.07 bits per heavy atom. The van der Waals surface area contributed by atoms with Gasteiger partial charge in [-0.15, -0.1) is 0 Å². The van der Waals surface area contributed by atoms with Crippen LogP contribution in [-0.4, -0.2) is 32.5 Å². The van der Waals surface area contributed by atoms with Gasteiger partial charge in [-0.3, -0.25) is 4.79 Å². The van der Waals surface area contributed by atoms with Crippen LogP contribution in [0.25, 0.3) is 16.9 Å². The molecule has 0 atom stereocenters. The summed E-state index contributed by atoms with van der Waals surface area (Å²) in [4.78, 5) is 19.1. The van der Waals surface area contributed by atoms with Gasteiger partial charge in [0.25, 0.3) is 5.91 Å². The molecule has 0 bridgehead atoms. The SMILES string of the molecule is CN(Cc1ccccc1Br)C(=O)c1cnn2c(-c3ccccc3)ccnc12. The van der Waals surface area contributed by atoms with E-state index in [1.54, 1.807) is 28.9 Å². The Balaban J connectivity index is 1.68. The van der Waals surface area contributed by atoms with E-state index in [4.69, 9.17) is 0 Å². The van der Waals surface area contributed by atoms with E-state index in [9.17, 15) is 4.79 Å². The topological polar surface area (TPSA) is 50.5 Å².